The normalized spacial score (nSPS) is 15.3. The van der Waals surface area contributed by atoms with Gasteiger partial charge in [0.25, 0.3) is 0 Å². The monoisotopic (exact) mass is 391 g/mol. The summed E-state index contributed by atoms with van der Waals surface area (Å²) >= 11 is 0. The number of fused-ring (bicyclic) bond motifs is 1. The minimum atomic E-state index is -0.558. The molecule has 0 bridgehead atoms. The van der Waals surface area contributed by atoms with E-state index in [2.05, 4.69) is 21.6 Å². The van der Waals surface area contributed by atoms with Crippen LogP contribution in [0.4, 0.5) is 5.69 Å². The Morgan fingerprint density at radius 2 is 2.14 bits per heavy atom. The molecule has 148 valence electrons. The van der Waals surface area contributed by atoms with Gasteiger partial charge in [0.15, 0.2) is 0 Å². The van der Waals surface area contributed by atoms with Crippen LogP contribution in [0.2, 0.25) is 0 Å². The van der Waals surface area contributed by atoms with Gasteiger partial charge in [0.2, 0.25) is 12.3 Å². The van der Waals surface area contributed by atoms with E-state index in [1.54, 1.807) is 23.0 Å². The lowest BCUT2D eigenvalue weighted by atomic mass is 9.96. The van der Waals surface area contributed by atoms with Gasteiger partial charge >= 0.3 is 0 Å². The molecule has 9 nitrogen and oxygen atoms in total. The third kappa shape index (κ3) is 3.45. The Bertz CT molecular complexity index is 1100. The highest BCUT2D eigenvalue weighted by Gasteiger charge is 2.27. The molecule has 3 heterocycles. The average molecular weight is 391 g/mol. The second-order valence-corrected chi connectivity index (χ2v) is 7.30. The highest BCUT2D eigenvalue weighted by atomic mass is 16.1. The van der Waals surface area contributed by atoms with E-state index < -0.39 is 5.91 Å². The Morgan fingerprint density at radius 1 is 1.34 bits per heavy atom. The van der Waals surface area contributed by atoms with Crippen LogP contribution in [0.3, 0.4) is 0 Å². The van der Waals surface area contributed by atoms with Crippen LogP contribution in [0.25, 0.3) is 16.6 Å². The van der Waals surface area contributed by atoms with Crippen LogP contribution in [0, 0.1) is 17.2 Å². The number of hydrogen-bond donors (Lipinski definition) is 2. The lowest BCUT2D eigenvalue weighted by Crippen LogP contribution is -2.17. The van der Waals surface area contributed by atoms with Gasteiger partial charge in [0.05, 0.1) is 47.7 Å². The molecule has 1 atom stereocenters. The molecule has 0 spiro atoms. The second kappa shape index (κ2) is 7.75. The quantitative estimate of drug-likeness (QED) is 0.597. The lowest BCUT2D eigenvalue weighted by Gasteiger charge is -2.21. The molecule has 29 heavy (non-hydrogen) atoms. The third-order valence-electron chi connectivity index (χ3n) is 5.61. The summed E-state index contributed by atoms with van der Waals surface area (Å²) in [7, 11) is 0. The Morgan fingerprint density at radius 3 is 2.83 bits per heavy atom. The number of aromatic nitrogens is 4. The van der Waals surface area contributed by atoms with Crippen molar-refractivity contribution in [2.75, 3.05) is 5.32 Å². The molecule has 1 aliphatic rings. The van der Waals surface area contributed by atoms with Crippen molar-refractivity contribution >= 4 is 23.5 Å². The minimum absolute atomic E-state index is 0.0181. The smallest absolute Gasteiger partial charge is 0.250 e. The molecule has 9 heteroatoms. The van der Waals surface area contributed by atoms with Crippen LogP contribution in [0.15, 0.2) is 30.9 Å². The second-order valence-electron chi connectivity index (χ2n) is 7.30. The number of rotatable bonds is 7. The van der Waals surface area contributed by atoms with Crippen LogP contribution in [-0.4, -0.2) is 31.7 Å². The molecule has 1 saturated carbocycles. The molecular weight excluding hydrogens is 370 g/mol. The molecule has 0 aliphatic heterocycles. The average Bonchev–Trinajstić information content (AvgIpc) is 3.46. The van der Waals surface area contributed by atoms with Crippen molar-refractivity contribution in [3.63, 3.8) is 0 Å². The number of nitrogens with zero attached hydrogens (tertiary/aromatic N) is 5. The summed E-state index contributed by atoms with van der Waals surface area (Å²) in [5, 5.41) is 20.7. The molecule has 1 unspecified atom stereocenters. The van der Waals surface area contributed by atoms with Crippen molar-refractivity contribution in [2.24, 2.45) is 11.7 Å². The van der Waals surface area contributed by atoms with Gasteiger partial charge in [-0.3, -0.25) is 14.3 Å². The lowest BCUT2D eigenvalue weighted by molar-refractivity contribution is -0.105. The number of nitriles is 1. The number of carbonyl (C=O) groups is 2. The fraction of sp³-hybridized carbons (Fsp3) is 0.350. The van der Waals surface area contributed by atoms with Gasteiger partial charge in [-0.2, -0.15) is 15.5 Å². The number of anilines is 1. The van der Waals surface area contributed by atoms with E-state index in [-0.39, 0.29) is 6.04 Å². The van der Waals surface area contributed by atoms with Crippen LogP contribution in [-0.2, 0) is 4.79 Å². The highest BCUT2D eigenvalue weighted by Crippen LogP contribution is 2.38. The fourth-order valence-corrected chi connectivity index (χ4v) is 4.23. The summed E-state index contributed by atoms with van der Waals surface area (Å²) in [5.41, 5.74) is 8.31. The van der Waals surface area contributed by atoms with E-state index in [0.29, 0.717) is 41.1 Å². The third-order valence-corrected chi connectivity index (χ3v) is 5.61. The van der Waals surface area contributed by atoms with Crippen molar-refractivity contribution in [3.8, 4) is 17.2 Å². The zero-order chi connectivity index (χ0) is 20.4. The van der Waals surface area contributed by atoms with Gasteiger partial charge in [-0.1, -0.05) is 12.8 Å². The Balaban J connectivity index is 1.81. The summed E-state index contributed by atoms with van der Waals surface area (Å²) in [6.07, 6.45) is 12.2. The molecule has 1 fully saturated rings. The molecule has 3 aromatic rings. The molecule has 3 aromatic heterocycles. The molecule has 2 amide bonds. The van der Waals surface area contributed by atoms with Gasteiger partial charge in [0.1, 0.15) is 0 Å². The van der Waals surface area contributed by atoms with Gasteiger partial charge in [-0.15, -0.1) is 0 Å². The van der Waals surface area contributed by atoms with E-state index in [1.807, 2.05) is 10.9 Å². The first-order valence-corrected chi connectivity index (χ1v) is 9.55. The molecule has 0 aromatic carbocycles. The van der Waals surface area contributed by atoms with Gasteiger partial charge < -0.3 is 11.1 Å². The SMILES string of the molecule is N#CCC(C1CCCC1)n1cc(-c2c(NC=O)cnn3cc(C(N)=O)cc23)cn1. The predicted octanol–water partition coefficient (Wildman–Crippen LogP) is 2.51. The van der Waals surface area contributed by atoms with Crippen molar-refractivity contribution in [1.82, 2.24) is 19.4 Å². The maximum atomic E-state index is 11.6. The molecule has 4 rings (SSSR count). The van der Waals surface area contributed by atoms with E-state index >= 15 is 0 Å². The Kier molecular flexibility index (Phi) is 4.99. The summed E-state index contributed by atoms with van der Waals surface area (Å²) in [5.74, 6) is -0.125. The first-order chi connectivity index (χ1) is 14.1. The standard InChI is InChI=1S/C20H21N7O2/c21-6-5-17(13-3-1-2-4-13)26-11-15(8-24-26)19-16(23-12-28)9-25-27-10-14(20(22)29)7-18(19)27/h7-13,17H,1-5H2,(H2,22,29)(H,23,28). The van der Waals surface area contributed by atoms with Gasteiger partial charge in [-0.25, -0.2) is 4.52 Å². The van der Waals surface area contributed by atoms with Crippen molar-refractivity contribution < 1.29 is 9.59 Å². The first kappa shape index (κ1) is 18.7. The fourth-order valence-electron chi connectivity index (χ4n) is 4.23. The summed E-state index contributed by atoms with van der Waals surface area (Å²) in [4.78, 5) is 22.7. The molecular formula is C20H21N7O2. The van der Waals surface area contributed by atoms with Crippen LogP contribution in [0.1, 0.15) is 48.5 Å². The van der Waals surface area contributed by atoms with Crippen LogP contribution in [0.5, 0.6) is 0 Å². The number of carbonyl (C=O) groups excluding carboxylic acids is 2. The number of nitrogens with two attached hydrogens (primary N) is 1. The molecule has 1 aliphatic carbocycles. The largest absolute Gasteiger partial charge is 0.366 e. The predicted molar refractivity (Wildman–Crippen MR) is 106 cm³/mol. The molecule has 0 saturated heterocycles. The zero-order valence-electron chi connectivity index (χ0n) is 15.8. The van der Waals surface area contributed by atoms with E-state index in [0.717, 1.165) is 18.4 Å². The Labute approximate surface area is 167 Å². The topological polar surface area (TPSA) is 131 Å². The number of nitrogens with one attached hydrogen (secondary N) is 1. The van der Waals surface area contributed by atoms with Crippen molar-refractivity contribution in [2.45, 2.75) is 38.1 Å². The van der Waals surface area contributed by atoms with Crippen LogP contribution >= 0.6 is 0 Å². The summed E-state index contributed by atoms with van der Waals surface area (Å²) < 4.78 is 3.40. The van der Waals surface area contributed by atoms with Crippen molar-refractivity contribution in [3.05, 3.63) is 36.4 Å². The molecule has 3 N–H and O–H groups in total. The Hall–Kier alpha value is -3.67. The highest BCUT2D eigenvalue weighted by molar-refractivity contribution is 5.99. The van der Waals surface area contributed by atoms with Crippen molar-refractivity contribution in [1.29, 1.82) is 5.26 Å². The zero-order valence-corrected chi connectivity index (χ0v) is 15.8. The number of amides is 2. The maximum absolute atomic E-state index is 11.6. The minimum Gasteiger partial charge on any atom is -0.366 e. The summed E-state index contributed by atoms with van der Waals surface area (Å²) in [6, 6.07) is 3.94. The maximum Gasteiger partial charge on any atom is 0.250 e. The number of hydrogen-bond acceptors (Lipinski definition) is 5. The number of primary amides is 1. The summed E-state index contributed by atoms with van der Waals surface area (Å²) in [6.45, 7) is 0. The van der Waals surface area contributed by atoms with Gasteiger partial charge in [-0.05, 0) is 24.8 Å². The van der Waals surface area contributed by atoms with Crippen LogP contribution < -0.4 is 11.1 Å². The van der Waals surface area contributed by atoms with E-state index in [1.165, 1.54) is 19.0 Å². The molecule has 0 radical (unpaired) electrons. The first-order valence-electron chi connectivity index (χ1n) is 9.55. The van der Waals surface area contributed by atoms with Gasteiger partial charge in [0, 0.05) is 23.5 Å². The van der Waals surface area contributed by atoms with E-state index in [9.17, 15) is 14.9 Å². The van der Waals surface area contributed by atoms with E-state index in [4.69, 9.17) is 5.73 Å².